The van der Waals surface area contributed by atoms with E-state index in [-0.39, 0.29) is 23.8 Å². The van der Waals surface area contributed by atoms with Gasteiger partial charge in [-0.3, -0.25) is 0 Å². The van der Waals surface area contributed by atoms with E-state index in [1.165, 1.54) is 0 Å². The number of rotatable bonds is 0. The summed E-state index contributed by atoms with van der Waals surface area (Å²) in [6, 6.07) is 0. The Morgan fingerprint density at radius 1 is 0.750 bits per heavy atom. The van der Waals surface area contributed by atoms with Crippen LogP contribution in [0.1, 0.15) is 1.43 Å². The number of halogens is 6. The van der Waals surface area contributed by atoms with E-state index in [0.29, 0.717) is 0 Å². The van der Waals surface area contributed by atoms with Crippen molar-refractivity contribution < 1.29 is 49.0 Å². The Morgan fingerprint density at radius 3 is 0.750 bits per heavy atom. The molecule has 0 aromatic carbocycles. The second-order valence-corrected chi connectivity index (χ2v) is 2.87. The Labute approximate surface area is 57.5 Å². The molecule has 0 saturated carbocycles. The second kappa shape index (κ2) is 1.42. The van der Waals surface area contributed by atoms with E-state index >= 15 is 0 Å². The molecule has 0 aromatic rings. The van der Waals surface area contributed by atoms with Crippen LogP contribution in [-0.2, 0) is 22.4 Å². The first-order valence-corrected chi connectivity index (χ1v) is 3.04. The molecule has 1 radical (unpaired) electrons. The third-order valence-corrected chi connectivity index (χ3v) is 0. The van der Waals surface area contributed by atoms with Gasteiger partial charge in [0.05, 0.1) is 0 Å². The van der Waals surface area contributed by atoms with Gasteiger partial charge < -0.3 is 0 Å². The summed E-state index contributed by atoms with van der Waals surface area (Å²) in [6.07, 6.45) is 0. The summed E-state index contributed by atoms with van der Waals surface area (Å²) in [5.41, 5.74) is 0. The van der Waals surface area contributed by atoms with E-state index < -0.39 is 7.81 Å². The van der Waals surface area contributed by atoms with Crippen LogP contribution in [0.25, 0.3) is 0 Å². The van der Waals surface area contributed by atoms with Crippen molar-refractivity contribution in [1.29, 1.82) is 0 Å². The molecule has 0 rings (SSSR count). The predicted octanol–water partition coefficient (Wildman–Crippen LogP) is 3.49. The van der Waals surface area contributed by atoms with Gasteiger partial charge in [0.15, 0.2) is 0 Å². The van der Waals surface area contributed by atoms with Gasteiger partial charge in [0, 0.05) is 22.4 Å². The fourth-order valence-corrected chi connectivity index (χ4v) is 0. The minimum atomic E-state index is -10.7. The van der Waals surface area contributed by atoms with Crippen molar-refractivity contribution >= 4 is 7.81 Å². The maximum absolute atomic E-state index is 10.7. The van der Waals surface area contributed by atoms with Gasteiger partial charge in [0.1, 0.15) is 0 Å². The predicted molar refractivity (Wildman–Crippen MR) is 14.7 cm³/mol. The largest absolute Gasteiger partial charge is 1.00 e. The summed E-state index contributed by atoms with van der Waals surface area (Å²) < 4.78 is 59.2. The SMILES string of the molecule is F[P-](F)(F)(F)(F)F.[Au].[H+]. The van der Waals surface area contributed by atoms with Gasteiger partial charge in [0.2, 0.25) is 0 Å². The maximum Gasteiger partial charge on any atom is 1.00 e. The molecule has 0 amide bonds. The Morgan fingerprint density at radius 2 is 0.750 bits per heavy atom. The van der Waals surface area contributed by atoms with E-state index in [1.54, 1.807) is 0 Å². The van der Waals surface area contributed by atoms with Gasteiger partial charge in [-0.15, -0.1) is 0 Å². The zero-order valence-electron chi connectivity index (χ0n) is 4.02. The van der Waals surface area contributed by atoms with Crippen molar-refractivity contribution in [2.75, 3.05) is 0 Å². The van der Waals surface area contributed by atoms with E-state index in [0.717, 1.165) is 0 Å². The Bertz CT molecular complexity index is 71.6. The smallest absolute Gasteiger partial charge is 0 e. The van der Waals surface area contributed by atoms with Crippen LogP contribution in [0, 0.1) is 0 Å². The summed E-state index contributed by atoms with van der Waals surface area (Å²) >= 11 is 0. The van der Waals surface area contributed by atoms with E-state index in [4.69, 9.17) is 0 Å². The van der Waals surface area contributed by atoms with Crippen LogP contribution >= 0.6 is 7.81 Å². The fraction of sp³-hybridized carbons (Fsp3) is 0. The molecule has 0 fully saturated rings. The van der Waals surface area contributed by atoms with Gasteiger partial charge in [-0.05, 0) is 0 Å². The molecule has 0 aliphatic carbocycles. The van der Waals surface area contributed by atoms with Gasteiger partial charge in [-0.1, -0.05) is 0 Å². The van der Waals surface area contributed by atoms with Crippen molar-refractivity contribution in [2.24, 2.45) is 0 Å². The quantitative estimate of drug-likeness (QED) is 0.359. The van der Waals surface area contributed by atoms with Crippen LogP contribution in [-0.4, -0.2) is 0 Å². The van der Waals surface area contributed by atoms with Gasteiger partial charge in [0.25, 0.3) is 0 Å². The molecule has 0 heterocycles. The monoisotopic (exact) mass is 343 g/mol. The van der Waals surface area contributed by atoms with Crippen molar-refractivity contribution in [3.8, 4) is 0 Å². The minimum Gasteiger partial charge on any atom is 0 e. The van der Waals surface area contributed by atoms with Crippen LogP contribution < -0.4 is 0 Å². The number of hydrogen-bond donors (Lipinski definition) is 0. The van der Waals surface area contributed by atoms with Crippen molar-refractivity contribution in [2.45, 2.75) is 0 Å². The molecular weight excluding hydrogens is 342 g/mol. The van der Waals surface area contributed by atoms with Gasteiger partial charge in [-0.25, -0.2) is 0 Å². The van der Waals surface area contributed by atoms with Crippen LogP contribution in [0.5, 0.6) is 0 Å². The molecule has 8 heteroatoms. The molecular formula is HAuF6P. The van der Waals surface area contributed by atoms with Crippen molar-refractivity contribution in [3.63, 3.8) is 0 Å². The molecule has 0 atom stereocenters. The molecule has 0 saturated heterocycles. The molecule has 0 unspecified atom stereocenters. The molecule has 0 spiro atoms. The molecule has 0 nitrogen and oxygen atoms in total. The molecule has 0 aromatic heterocycles. The summed E-state index contributed by atoms with van der Waals surface area (Å²) in [4.78, 5) is 0. The fourth-order valence-electron chi connectivity index (χ4n) is 0. The number of hydrogen-bond acceptors (Lipinski definition) is 0. The molecule has 0 aliphatic heterocycles. The Balaban J connectivity index is -0.000000180. The molecule has 59 valence electrons. The van der Waals surface area contributed by atoms with E-state index in [1.807, 2.05) is 0 Å². The van der Waals surface area contributed by atoms with Crippen LogP contribution in [0.4, 0.5) is 25.2 Å². The second-order valence-electron chi connectivity index (χ2n) is 0.958. The maximum atomic E-state index is 9.87. The van der Waals surface area contributed by atoms with Crippen molar-refractivity contribution in [3.05, 3.63) is 0 Å². The normalized spacial score (nSPS) is 20.2. The Hall–Kier alpha value is 0.750. The standard InChI is InChI=1S/Au.F6P/c;1-7(2,3,4,5)6/q;-1/p+1. The first kappa shape index (κ1) is 11.5. The van der Waals surface area contributed by atoms with Crippen molar-refractivity contribution in [1.82, 2.24) is 0 Å². The first-order valence-electron chi connectivity index (χ1n) is 1.01. The zero-order chi connectivity index (χ0) is 6.41. The van der Waals surface area contributed by atoms with E-state index in [2.05, 4.69) is 0 Å². The third-order valence-electron chi connectivity index (χ3n) is 0. The third kappa shape index (κ3) is 397. The molecule has 0 bridgehead atoms. The average Bonchev–Trinajstić information content (AvgIpc) is 0.592. The average molecular weight is 343 g/mol. The minimum absolute atomic E-state index is 0. The van der Waals surface area contributed by atoms with Crippen LogP contribution in [0.15, 0.2) is 0 Å². The summed E-state index contributed by atoms with van der Waals surface area (Å²) in [7, 11) is -10.7. The Kier molecular flexibility index (Phi) is 2.05. The molecule has 0 N–H and O–H groups in total. The van der Waals surface area contributed by atoms with Gasteiger partial charge >= 0.3 is 34.4 Å². The molecule has 8 heavy (non-hydrogen) atoms. The topological polar surface area (TPSA) is 0 Å². The summed E-state index contributed by atoms with van der Waals surface area (Å²) in [6.45, 7) is 0. The van der Waals surface area contributed by atoms with Crippen LogP contribution in [0.2, 0.25) is 0 Å². The summed E-state index contributed by atoms with van der Waals surface area (Å²) in [5, 5.41) is 0. The first-order chi connectivity index (χ1) is 2.45. The van der Waals surface area contributed by atoms with Gasteiger partial charge in [-0.2, -0.15) is 0 Å². The zero-order valence-corrected chi connectivity index (χ0v) is 6.08. The summed E-state index contributed by atoms with van der Waals surface area (Å²) in [5.74, 6) is 0. The van der Waals surface area contributed by atoms with E-state index in [9.17, 15) is 25.2 Å². The molecule has 0 aliphatic rings. The van der Waals surface area contributed by atoms with Crippen LogP contribution in [0.3, 0.4) is 0 Å².